The van der Waals surface area contributed by atoms with Crippen LogP contribution in [0, 0.1) is 23.3 Å². The maximum Gasteiger partial charge on any atom is 0.422 e. The Morgan fingerprint density at radius 2 is 1.47 bits per heavy atom. The van der Waals surface area contributed by atoms with Crippen LogP contribution in [-0.4, -0.2) is 29.6 Å². The number of hydrogen-bond acceptors (Lipinski definition) is 5. The predicted octanol–water partition coefficient (Wildman–Crippen LogP) is 8.19. The number of hydrogen-bond donors (Lipinski definition) is 3. The van der Waals surface area contributed by atoms with Gasteiger partial charge in [-0.25, -0.2) is 17.6 Å². The molecule has 1 unspecified atom stereocenters. The number of benzene rings is 4. The van der Waals surface area contributed by atoms with Gasteiger partial charge in [0.2, 0.25) is 5.91 Å². The van der Waals surface area contributed by atoms with Gasteiger partial charge in [0.1, 0.15) is 22.7 Å². The molecule has 0 aliphatic heterocycles. The molecular weight excluding hydrogens is 679 g/mol. The van der Waals surface area contributed by atoms with Crippen LogP contribution < -0.4 is 20.7 Å². The number of carbonyl (C=O) groups is 3. The van der Waals surface area contributed by atoms with E-state index >= 15 is 0 Å². The minimum absolute atomic E-state index is 0.121. The monoisotopic (exact) mass is 705 g/mol. The molecule has 0 saturated heterocycles. The molecule has 49 heavy (non-hydrogen) atoms. The highest BCUT2D eigenvalue weighted by molar-refractivity contribution is 8.00. The summed E-state index contributed by atoms with van der Waals surface area (Å²) >= 11 is 0.792. The van der Waals surface area contributed by atoms with Crippen LogP contribution in [-0.2, 0) is 15.8 Å². The Morgan fingerprint density at radius 1 is 0.837 bits per heavy atom. The van der Waals surface area contributed by atoms with Gasteiger partial charge in [0.05, 0.1) is 11.9 Å². The number of halogens is 7. The third-order valence-corrected chi connectivity index (χ3v) is 7.69. The van der Waals surface area contributed by atoms with Gasteiger partial charge in [-0.2, -0.15) is 13.2 Å². The van der Waals surface area contributed by atoms with E-state index in [9.17, 15) is 45.1 Å². The fraction of sp³-hybridized carbons (Fsp3) is 0.147. The zero-order chi connectivity index (χ0) is 35.9. The number of carbonyl (C=O) groups excluding carboxylic acids is 3. The third-order valence-electron chi connectivity index (χ3n) is 6.60. The molecule has 0 aromatic heterocycles. The molecule has 0 heterocycles. The molecule has 3 N–H and O–H groups in total. The number of rotatable bonds is 11. The normalized spacial score (nSPS) is 12.2. The van der Waals surface area contributed by atoms with Crippen molar-refractivity contribution in [3.8, 4) is 5.75 Å². The molecule has 15 heteroatoms. The predicted molar refractivity (Wildman–Crippen MR) is 170 cm³/mol. The number of ether oxygens (including phenoxy) is 1. The largest absolute Gasteiger partial charge is 0.494 e. The van der Waals surface area contributed by atoms with Gasteiger partial charge in [0.25, 0.3) is 11.8 Å². The van der Waals surface area contributed by atoms with Gasteiger partial charge in [-0.15, -0.1) is 11.8 Å². The summed E-state index contributed by atoms with van der Waals surface area (Å²) in [6, 6.07) is 20.8. The molecule has 4 aromatic rings. The molecule has 0 bridgehead atoms. The van der Waals surface area contributed by atoms with E-state index in [-0.39, 0.29) is 11.4 Å². The van der Waals surface area contributed by atoms with E-state index in [0.717, 1.165) is 11.8 Å². The Balaban J connectivity index is 1.51. The van der Waals surface area contributed by atoms with Crippen molar-refractivity contribution in [1.82, 2.24) is 5.32 Å². The van der Waals surface area contributed by atoms with E-state index < -0.39 is 63.7 Å². The van der Waals surface area contributed by atoms with Crippen molar-refractivity contribution in [3.63, 3.8) is 0 Å². The second-order valence-corrected chi connectivity index (χ2v) is 11.5. The Kier molecular flexibility index (Phi) is 11.7. The zero-order valence-corrected chi connectivity index (χ0v) is 26.4. The Hall–Kier alpha value is -5.31. The number of anilines is 2. The van der Waals surface area contributed by atoms with Gasteiger partial charge in [-0.05, 0) is 68.0 Å². The Bertz CT molecular complexity index is 1860. The van der Waals surface area contributed by atoms with Crippen molar-refractivity contribution in [1.29, 1.82) is 0 Å². The highest BCUT2D eigenvalue weighted by atomic mass is 32.2. The average Bonchev–Trinajstić information content (AvgIpc) is 3.06. The molecule has 0 fully saturated rings. The third kappa shape index (κ3) is 9.19. The first kappa shape index (κ1) is 36.5. The van der Waals surface area contributed by atoms with E-state index in [4.69, 9.17) is 4.74 Å². The van der Waals surface area contributed by atoms with Crippen molar-refractivity contribution in [3.05, 3.63) is 125 Å². The van der Waals surface area contributed by atoms with Crippen molar-refractivity contribution in [2.24, 2.45) is 0 Å². The van der Waals surface area contributed by atoms with Crippen LogP contribution in [0.25, 0.3) is 6.08 Å². The van der Waals surface area contributed by atoms with Crippen molar-refractivity contribution in [2.45, 2.75) is 30.2 Å². The molecule has 0 saturated carbocycles. The summed E-state index contributed by atoms with van der Waals surface area (Å²) in [5.41, 5.74) is -3.54. The van der Waals surface area contributed by atoms with Crippen LogP contribution in [0.3, 0.4) is 0 Å². The van der Waals surface area contributed by atoms with Gasteiger partial charge in [0, 0.05) is 16.1 Å². The standard InChI is InChI=1S/C34H26F7N3O4S/c1-3-48-22-14-12-19(13-15-22)16-24(43-32(46)20-8-5-4-6-9-20)33(47)42-21-10-7-11-23(17-21)49-18(2)31(45)44-30-28(37)26(35)25(34(39,40)41)27(36)29(30)38/h4-18H,3H2,1-2H3,(H,42,47)(H,43,46)(H,44,45)/b24-16+. The second-order valence-electron chi connectivity index (χ2n) is 10.1. The highest BCUT2D eigenvalue weighted by Gasteiger charge is 2.42. The minimum atomic E-state index is -5.73. The summed E-state index contributed by atoms with van der Waals surface area (Å²) in [5.74, 6) is -12.1. The molecule has 4 rings (SSSR count). The summed E-state index contributed by atoms with van der Waals surface area (Å²) in [5, 5.41) is 5.64. The molecule has 0 radical (unpaired) electrons. The minimum Gasteiger partial charge on any atom is -0.494 e. The molecule has 1 atom stereocenters. The summed E-state index contributed by atoms with van der Waals surface area (Å²) in [4.78, 5) is 39.3. The van der Waals surface area contributed by atoms with E-state index in [0.29, 0.717) is 28.4 Å². The van der Waals surface area contributed by atoms with Crippen molar-refractivity contribution < 1.29 is 49.9 Å². The first-order chi connectivity index (χ1) is 23.2. The van der Waals surface area contributed by atoms with Gasteiger partial charge < -0.3 is 20.7 Å². The molecule has 7 nitrogen and oxygen atoms in total. The molecule has 4 aromatic carbocycles. The Labute approximate surface area is 279 Å². The lowest BCUT2D eigenvalue weighted by Gasteiger charge is -2.17. The lowest BCUT2D eigenvalue weighted by Crippen LogP contribution is -2.30. The number of amides is 3. The first-order valence-electron chi connectivity index (χ1n) is 14.3. The fourth-order valence-electron chi connectivity index (χ4n) is 4.25. The van der Waals surface area contributed by atoms with Gasteiger partial charge in [-0.1, -0.05) is 36.4 Å². The van der Waals surface area contributed by atoms with E-state index in [2.05, 4.69) is 10.6 Å². The quantitative estimate of drug-likeness (QED) is 0.0633. The van der Waals surface area contributed by atoms with Gasteiger partial charge >= 0.3 is 6.18 Å². The summed E-state index contributed by atoms with van der Waals surface area (Å²) < 4.78 is 101. The maximum atomic E-state index is 14.3. The number of nitrogens with one attached hydrogen (secondary N) is 3. The van der Waals surface area contributed by atoms with Gasteiger partial charge in [0.15, 0.2) is 23.3 Å². The molecular formula is C34H26F7N3O4S. The average molecular weight is 706 g/mol. The number of alkyl halides is 3. The first-order valence-corrected chi connectivity index (χ1v) is 15.2. The number of thioether (sulfide) groups is 1. The van der Waals surface area contributed by atoms with Crippen LogP contribution >= 0.6 is 11.8 Å². The van der Waals surface area contributed by atoms with E-state index in [1.165, 1.54) is 37.3 Å². The zero-order valence-electron chi connectivity index (χ0n) is 25.6. The van der Waals surface area contributed by atoms with Crippen LogP contribution in [0.4, 0.5) is 42.1 Å². The molecule has 3 amide bonds. The van der Waals surface area contributed by atoms with Crippen LogP contribution in [0.2, 0.25) is 0 Å². The summed E-state index contributed by atoms with van der Waals surface area (Å²) in [7, 11) is 0. The van der Waals surface area contributed by atoms with Crippen molar-refractivity contribution in [2.75, 3.05) is 17.2 Å². The lowest BCUT2D eigenvalue weighted by molar-refractivity contribution is -0.143. The topological polar surface area (TPSA) is 96.5 Å². The fourth-order valence-corrected chi connectivity index (χ4v) is 5.18. The van der Waals surface area contributed by atoms with E-state index in [1.54, 1.807) is 59.9 Å². The molecule has 0 spiro atoms. The SMILES string of the molecule is CCOc1ccc(/C=C(/NC(=O)c2ccccc2)C(=O)Nc2cccc(SC(C)C(=O)Nc3c(F)c(F)c(C(F)(F)F)c(F)c3F)c2)cc1. The Morgan fingerprint density at radius 3 is 2.06 bits per heavy atom. The van der Waals surface area contributed by atoms with Crippen LogP contribution in [0.5, 0.6) is 5.75 Å². The summed E-state index contributed by atoms with van der Waals surface area (Å²) in [6.07, 6.45) is -4.29. The van der Waals surface area contributed by atoms with Crippen LogP contribution in [0.1, 0.15) is 35.3 Å². The molecule has 0 aliphatic carbocycles. The van der Waals surface area contributed by atoms with Gasteiger partial charge in [-0.3, -0.25) is 14.4 Å². The van der Waals surface area contributed by atoms with Crippen molar-refractivity contribution >= 4 is 46.9 Å². The lowest BCUT2D eigenvalue weighted by atomic mass is 10.1. The smallest absolute Gasteiger partial charge is 0.422 e. The maximum absolute atomic E-state index is 14.3. The van der Waals surface area contributed by atoms with Crippen LogP contribution in [0.15, 0.2) is 89.5 Å². The second kappa shape index (κ2) is 15.7. The van der Waals surface area contributed by atoms with E-state index in [1.807, 2.05) is 6.92 Å². The summed E-state index contributed by atoms with van der Waals surface area (Å²) in [6.45, 7) is 3.54. The molecule has 256 valence electrons. The highest BCUT2D eigenvalue weighted by Crippen LogP contribution is 2.39. The molecule has 0 aliphatic rings.